The number of carbonyl (C=O) groups excluding carboxylic acids is 1. The van der Waals surface area contributed by atoms with E-state index in [4.69, 9.17) is 9.26 Å². The number of methoxy groups -OCH3 is 1. The Kier molecular flexibility index (Phi) is 5.33. The summed E-state index contributed by atoms with van der Waals surface area (Å²) in [6.07, 6.45) is 2.00. The monoisotopic (exact) mass is 338 g/mol. The lowest BCUT2D eigenvalue weighted by Crippen LogP contribution is -2.34. The molecule has 1 unspecified atom stereocenters. The molecule has 0 fully saturated rings. The number of nitrogens with one attached hydrogen (secondary N) is 1. The first-order valence-corrected chi connectivity index (χ1v) is 8.41. The van der Waals surface area contributed by atoms with Gasteiger partial charge in [0.2, 0.25) is 5.91 Å². The van der Waals surface area contributed by atoms with Gasteiger partial charge in [-0.15, -0.1) is 0 Å². The van der Waals surface area contributed by atoms with E-state index in [0.29, 0.717) is 11.3 Å². The third kappa shape index (κ3) is 4.38. The van der Waals surface area contributed by atoms with E-state index in [1.54, 1.807) is 7.11 Å². The lowest BCUT2D eigenvalue weighted by Gasteiger charge is -2.13. The molecule has 0 spiro atoms. The average molecular weight is 338 g/mol. The van der Waals surface area contributed by atoms with Crippen LogP contribution in [0, 0.1) is 0 Å². The van der Waals surface area contributed by atoms with Gasteiger partial charge in [-0.05, 0) is 49.6 Å². The van der Waals surface area contributed by atoms with Gasteiger partial charge in [-0.2, -0.15) is 0 Å². The van der Waals surface area contributed by atoms with Crippen molar-refractivity contribution in [2.24, 2.45) is 0 Å². The molecule has 1 aromatic heterocycles. The van der Waals surface area contributed by atoms with Gasteiger partial charge in [0, 0.05) is 11.4 Å². The Morgan fingerprint density at radius 3 is 2.72 bits per heavy atom. The van der Waals surface area contributed by atoms with Crippen LogP contribution in [0.5, 0.6) is 5.75 Å². The fraction of sp³-hybridized carbons (Fsp3) is 0.300. The maximum absolute atomic E-state index is 12.3. The maximum Gasteiger partial charge on any atom is 0.226 e. The highest BCUT2D eigenvalue weighted by Crippen LogP contribution is 2.18. The number of ether oxygens (including phenoxy) is 1. The Morgan fingerprint density at radius 1 is 1.20 bits per heavy atom. The predicted octanol–water partition coefficient (Wildman–Crippen LogP) is 3.52. The van der Waals surface area contributed by atoms with E-state index in [9.17, 15) is 4.79 Å². The van der Waals surface area contributed by atoms with Gasteiger partial charge in [0.05, 0.1) is 13.5 Å². The summed E-state index contributed by atoms with van der Waals surface area (Å²) in [6.45, 7) is 2.02. The van der Waals surface area contributed by atoms with Gasteiger partial charge in [-0.25, -0.2) is 0 Å². The van der Waals surface area contributed by atoms with Gasteiger partial charge in [-0.1, -0.05) is 29.4 Å². The minimum Gasteiger partial charge on any atom is -0.497 e. The van der Waals surface area contributed by atoms with Crippen molar-refractivity contribution in [3.05, 3.63) is 59.8 Å². The number of aromatic nitrogens is 1. The molecule has 1 amide bonds. The molecular formula is C20H22N2O3. The van der Waals surface area contributed by atoms with Crippen molar-refractivity contribution >= 4 is 16.9 Å². The minimum atomic E-state index is -0.0405. The van der Waals surface area contributed by atoms with E-state index in [0.717, 1.165) is 24.0 Å². The van der Waals surface area contributed by atoms with E-state index in [2.05, 4.69) is 22.6 Å². The quantitative estimate of drug-likeness (QED) is 0.716. The van der Waals surface area contributed by atoms with Crippen LogP contribution in [-0.4, -0.2) is 24.2 Å². The van der Waals surface area contributed by atoms with E-state index in [-0.39, 0.29) is 18.4 Å². The number of benzene rings is 2. The summed E-state index contributed by atoms with van der Waals surface area (Å²) in [5.74, 6) is 0.811. The molecule has 5 nitrogen and oxygen atoms in total. The molecule has 0 aliphatic heterocycles. The van der Waals surface area contributed by atoms with Gasteiger partial charge >= 0.3 is 0 Å². The van der Waals surface area contributed by atoms with Crippen LogP contribution < -0.4 is 10.1 Å². The van der Waals surface area contributed by atoms with Crippen LogP contribution in [0.2, 0.25) is 0 Å². The number of aryl methyl sites for hydroxylation is 1. The number of para-hydroxylation sites is 1. The van der Waals surface area contributed by atoms with Crippen LogP contribution in [0.4, 0.5) is 0 Å². The van der Waals surface area contributed by atoms with Crippen molar-refractivity contribution < 1.29 is 14.1 Å². The predicted molar refractivity (Wildman–Crippen MR) is 96.6 cm³/mol. The molecule has 3 aromatic rings. The van der Waals surface area contributed by atoms with Crippen molar-refractivity contribution in [1.29, 1.82) is 0 Å². The fourth-order valence-corrected chi connectivity index (χ4v) is 2.79. The molecule has 5 heteroatoms. The van der Waals surface area contributed by atoms with Gasteiger partial charge in [0.15, 0.2) is 5.58 Å². The number of hydrogen-bond acceptors (Lipinski definition) is 4. The second-order valence-electron chi connectivity index (χ2n) is 6.16. The number of carbonyl (C=O) groups is 1. The van der Waals surface area contributed by atoms with Crippen LogP contribution in [0.3, 0.4) is 0 Å². The molecule has 3 rings (SSSR count). The normalized spacial score (nSPS) is 12.1. The molecule has 1 heterocycles. The summed E-state index contributed by atoms with van der Waals surface area (Å²) in [7, 11) is 1.66. The minimum absolute atomic E-state index is 0.0405. The van der Waals surface area contributed by atoms with Crippen molar-refractivity contribution in [2.45, 2.75) is 32.2 Å². The van der Waals surface area contributed by atoms with Gasteiger partial charge in [-0.3, -0.25) is 4.79 Å². The molecule has 0 saturated heterocycles. The molecule has 25 heavy (non-hydrogen) atoms. The summed E-state index contributed by atoms with van der Waals surface area (Å²) in [5.41, 5.74) is 2.61. The number of rotatable bonds is 7. The zero-order chi connectivity index (χ0) is 17.6. The molecule has 2 aromatic carbocycles. The smallest absolute Gasteiger partial charge is 0.226 e. The molecule has 0 aliphatic rings. The Balaban J connectivity index is 1.50. The molecule has 0 aliphatic carbocycles. The first kappa shape index (κ1) is 17.0. The zero-order valence-electron chi connectivity index (χ0n) is 14.5. The zero-order valence-corrected chi connectivity index (χ0v) is 14.5. The van der Waals surface area contributed by atoms with Gasteiger partial charge in [0.1, 0.15) is 11.4 Å². The Hall–Kier alpha value is -2.82. The summed E-state index contributed by atoms with van der Waals surface area (Å²) in [5, 5.41) is 7.93. The lowest BCUT2D eigenvalue weighted by molar-refractivity contribution is -0.121. The van der Waals surface area contributed by atoms with Crippen LogP contribution >= 0.6 is 0 Å². The number of nitrogens with zero attached hydrogens (tertiary/aromatic N) is 1. The molecule has 0 saturated carbocycles. The van der Waals surface area contributed by atoms with E-state index in [1.807, 2.05) is 43.3 Å². The van der Waals surface area contributed by atoms with Crippen molar-refractivity contribution in [2.75, 3.05) is 7.11 Å². The van der Waals surface area contributed by atoms with Crippen molar-refractivity contribution in [3.8, 4) is 5.75 Å². The van der Waals surface area contributed by atoms with E-state index in [1.165, 1.54) is 5.56 Å². The highest BCUT2D eigenvalue weighted by Gasteiger charge is 2.13. The Morgan fingerprint density at radius 2 is 1.96 bits per heavy atom. The van der Waals surface area contributed by atoms with Crippen molar-refractivity contribution in [3.63, 3.8) is 0 Å². The molecule has 1 atom stereocenters. The largest absolute Gasteiger partial charge is 0.497 e. The third-order valence-electron chi connectivity index (χ3n) is 4.21. The van der Waals surface area contributed by atoms with Crippen LogP contribution in [0.25, 0.3) is 11.0 Å². The third-order valence-corrected chi connectivity index (χ3v) is 4.21. The highest BCUT2D eigenvalue weighted by molar-refractivity contribution is 5.86. The molecule has 0 bridgehead atoms. The van der Waals surface area contributed by atoms with E-state index >= 15 is 0 Å². The molecule has 1 N–H and O–H groups in total. The summed E-state index contributed by atoms with van der Waals surface area (Å²) in [4.78, 5) is 12.3. The van der Waals surface area contributed by atoms with Crippen LogP contribution in [0.1, 0.15) is 24.6 Å². The summed E-state index contributed by atoms with van der Waals surface area (Å²) in [6, 6.07) is 15.7. The Bertz CT molecular complexity index is 840. The summed E-state index contributed by atoms with van der Waals surface area (Å²) < 4.78 is 10.4. The number of hydrogen-bond donors (Lipinski definition) is 1. The lowest BCUT2D eigenvalue weighted by atomic mass is 10.1. The van der Waals surface area contributed by atoms with Gasteiger partial charge in [0.25, 0.3) is 0 Å². The average Bonchev–Trinajstić information content (AvgIpc) is 3.03. The Labute approximate surface area is 147 Å². The van der Waals surface area contributed by atoms with Crippen LogP contribution in [0.15, 0.2) is 53.1 Å². The molecular weight excluding hydrogens is 316 g/mol. The first-order chi connectivity index (χ1) is 12.2. The number of fused-ring (bicyclic) bond motifs is 1. The topological polar surface area (TPSA) is 64.4 Å². The highest BCUT2D eigenvalue weighted by atomic mass is 16.5. The second-order valence-corrected chi connectivity index (χ2v) is 6.16. The second kappa shape index (κ2) is 7.83. The maximum atomic E-state index is 12.3. The summed E-state index contributed by atoms with van der Waals surface area (Å²) >= 11 is 0. The van der Waals surface area contributed by atoms with Crippen molar-refractivity contribution in [1.82, 2.24) is 10.5 Å². The molecule has 0 radical (unpaired) electrons. The SMILES string of the molecule is COc1ccc(CCC(C)NC(=O)Cc2noc3ccccc23)cc1. The fourth-order valence-electron chi connectivity index (χ4n) is 2.79. The van der Waals surface area contributed by atoms with Gasteiger partial charge < -0.3 is 14.6 Å². The molecule has 130 valence electrons. The van der Waals surface area contributed by atoms with Crippen LogP contribution in [-0.2, 0) is 17.6 Å². The first-order valence-electron chi connectivity index (χ1n) is 8.41. The number of amides is 1. The standard InChI is InChI=1S/C20H22N2O3/c1-14(7-8-15-9-11-16(24-2)12-10-15)21-20(23)13-18-17-5-3-4-6-19(17)25-22-18/h3-6,9-12,14H,7-8,13H2,1-2H3,(H,21,23). The van der Waals surface area contributed by atoms with E-state index < -0.39 is 0 Å².